The number of hydrogen-bond donors (Lipinski definition) is 0. The van der Waals surface area contributed by atoms with Gasteiger partial charge in [-0.1, -0.05) is 31.2 Å². The van der Waals surface area contributed by atoms with Crippen molar-refractivity contribution in [1.82, 2.24) is 14.8 Å². The zero-order chi connectivity index (χ0) is 21.6. The number of carbonyl (C=O) groups is 1. The molecule has 2 saturated heterocycles. The Kier molecular flexibility index (Phi) is 7.30. The third-order valence-electron chi connectivity index (χ3n) is 6.52. The molecule has 0 saturated carbocycles. The van der Waals surface area contributed by atoms with Crippen LogP contribution in [0.15, 0.2) is 42.5 Å². The number of aromatic nitrogens is 1. The van der Waals surface area contributed by atoms with E-state index in [0.717, 1.165) is 43.9 Å². The average molecular weight is 426 g/mol. The van der Waals surface area contributed by atoms with Crippen LogP contribution in [0.1, 0.15) is 49.2 Å². The number of ether oxygens (including phenoxy) is 1. The van der Waals surface area contributed by atoms with E-state index in [1.807, 2.05) is 29.2 Å². The molecule has 3 heterocycles. The molecule has 2 aliphatic heterocycles. The highest BCUT2D eigenvalue weighted by molar-refractivity contribution is 5.76. The Bertz CT molecular complexity index is 883. The maximum Gasteiger partial charge on any atom is 0.223 e. The fraction of sp³-hybridized carbons (Fsp3) is 0.520. The number of piperidine rings is 1. The Morgan fingerprint density at radius 2 is 1.94 bits per heavy atom. The Morgan fingerprint density at radius 1 is 1.13 bits per heavy atom. The summed E-state index contributed by atoms with van der Waals surface area (Å²) in [6, 6.07) is 12.6. The van der Waals surface area contributed by atoms with Crippen molar-refractivity contribution >= 4 is 5.91 Å². The number of benzene rings is 1. The van der Waals surface area contributed by atoms with E-state index in [9.17, 15) is 9.18 Å². The molecule has 166 valence electrons. The normalized spacial score (nSPS) is 20.7. The molecule has 1 unspecified atom stereocenters. The first-order valence-electron chi connectivity index (χ1n) is 11.4. The Labute approximate surface area is 184 Å². The van der Waals surface area contributed by atoms with E-state index < -0.39 is 0 Å². The van der Waals surface area contributed by atoms with Crippen LogP contribution in [0.2, 0.25) is 0 Å². The molecular formula is C25H32FN3O2. The van der Waals surface area contributed by atoms with Crippen LogP contribution < -0.4 is 0 Å². The smallest absolute Gasteiger partial charge is 0.223 e. The molecule has 0 N–H and O–H groups in total. The first kappa shape index (κ1) is 21.9. The van der Waals surface area contributed by atoms with Gasteiger partial charge in [0.15, 0.2) is 0 Å². The number of likely N-dealkylation sites (tertiary alicyclic amines) is 1. The van der Waals surface area contributed by atoms with Gasteiger partial charge in [-0.15, -0.1) is 0 Å². The van der Waals surface area contributed by atoms with Crippen LogP contribution in [0, 0.1) is 11.7 Å². The largest absolute Gasteiger partial charge is 0.368 e. The van der Waals surface area contributed by atoms with Gasteiger partial charge in [-0.2, -0.15) is 0 Å². The van der Waals surface area contributed by atoms with Crippen LogP contribution in [0.25, 0.3) is 0 Å². The second kappa shape index (κ2) is 10.3. The van der Waals surface area contributed by atoms with Crippen LogP contribution in [-0.2, 0) is 16.0 Å². The van der Waals surface area contributed by atoms with E-state index >= 15 is 0 Å². The Hall–Kier alpha value is -2.31. The summed E-state index contributed by atoms with van der Waals surface area (Å²) >= 11 is 0. The molecule has 2 aliphatic rings. The minimum atomic E-state index is -0.236. The van der Waals surface area contributed by atoms with Gasteiger partial charge in [-0.05, 0) is 62.2 Å². The molecule has 0 bridgehead atoms. The van der Waals surface area contributed by atoms with Gasteiger partial charge in [0, 0.05) is 25.1 Å². The zero-order valence-electron chi connectivity index (χ0n) is 18.3. The van der Waals surface area contributed by atoms with Gasteiger partial charge in [-0.25, -0.2) is 4.39 Å². The number of halogens is 1. The molecule has 2 aromatic rings. The number of rotatable bonds is 6. The van der Waals surface area contributed by atoms with Gasteiger partial charge < -0.3 is 14.5 Å². The first-order valence-corrected chi connectivity index (χ1v) is 11.4. The van der Waals surface area contributed by atoms with Crippen molar-refractivity contribution in [1.29, 1.82) is 0 Å². The number of morpholine rings is 1. The highest BCUT2D eigenvalue weighted by Crippen LogP contribution is 2.25. The number of amides is 1. The Morgan fingerprint density at radius 3 is 2.71 bits per heavy atom. The van der Waals surface area contributed by atoms with Crippen molar-refractivity contribution < 1.29 is 13.9 Å². The number of carbonyl (C=O) groups excluding carboxylic acids is 1. The van der Waals surface area contributed by atoms with Gasteiger partial charge in [0.1, 0.15) is 11.9 Å². The zero-order valence-corrected chi connectivity index (χ0v) is 18.3. The maximum atomic E-state index is 14.0. The summed E-state index contributed by atoms with van der Waals surface area (Å²) in [5.74, 6) is 0.495. The van der Waals surface area contributed by atoms with Crippen molar-refractivity contribution in [2.24, 2.45) is 5.92 Å². The quantitative estimate of drug-likeness (QED) is 0.706. The first-order chi connectivity index (χ1) is 15.1. The van der Waals surface area contributed by atoms with E-state index in [4.69, 9.17) is 9.72 Å². The fourth-order valence-corrected chi connectivity index (χ4v) is 4.55. The number of pyridine rings is 1. The average Bonchev–Trinajstić information content (AvgIpc) is 2.81. The lowest BCUT2D eigenvalue weighted by atomic mass is 9.93. The molecule has 6 heteroatoms. The summed E-state index contributed by atoms with van der Waals surface area (Å²) in [6.45, 7) is 7.16. The summed E-state index contributed by atoms with van der Waals surface area (Å²) < 4.78 is 20.0. The molecule has 0 radical (unpaired) electrons. The summed E-state index contributed by atoms with van der Waals surface area (Å²) in [5.41, 5.74) is 2.24. The second-order valence-corrected chi connectivity index (χ2v) is 8.60. The lowest BCUT2D eigenvalue weighted by Gasteiger charge is -2.35. The molecule has 5 nitrogen and oxygen atoms in total. The SMILES string of the molecule is CCN1CCC(CC(=O)N2CCOC(c3cccc(Cc4ccccc4F)n3)C2)CC1. The summed E-state index contributed by atoms with van der Waals surface area (Å²) in [5, 5.41) is 0. The van der Waals surface area contributed by atoms with Gasteiger partial charge in [0.2, 0.25) is 5.91 Å². The van der Waals surface area contributed by atoms with Crippen LogP contribution in [0.4, 0.5) is 4.39 Å². The molecule has 0 spiro atoms. The fourth-order valence-electron chi connectivity index (χ4n) is 4.55. The van der Waals surface area contributed by atoms with Gasteiger partial charge in [-0.3, -0.25) is 9.78 Å². The van der Waals surface area contributed by atoms with Gasteiger partial charge in [0.05, 0.1) is 18.8 Å². The molecular weight excluding hydrogens is 393 g/mol. The third-order valence-corrected chi connectivity index (χ3v) is 6.52. The molecule has 2 fully saturated rings. The molecule has 1 aromatic carbocycles. The lowest BCUT2D eigenvalue weighted by Crippen LogP contribution is -2.44. The van der Waals surface area contributed by atoms with E-state index in [0.29, 0.717) is 44.0 Å². The Balaban J connectivity index is 1.36. The standard InChI is InChI=1S/C25H32FN3O2/c1-2-28-12-10-19(11-13-28)16-25(30)29-14-15-31-24(18-29)23-9-5-7-21(27-23)17-20-6-3-4-8-22(20)26/h3-9,19,24H,2,10-18H2,1H3. The topological polar surface area (TPSA) is 45.7 Å². The van der Waals surface area contributed by atoms with Gasteiger partial charge >= 0.3 is 0 Å². The van der Waals surface area contributed by atoms with E-state index in [-0.39, 0.29) is 17.8 Å². The van der Waals surface area contributed by atoms with E-state index in [1.165, 1.54) is 6.07 Å². The van der Waals surface area contributed by atoms with Crippen LogP contribution in [0.3, 0.4) is 0 Å². The number of nitrogens with zero attached hydrogens (tertiary/aromatic N) is 3. The molecule has 1 atom stereocenters. The maximum absolute atomic E-state index is 14.0. The van der Waals surface area contributed by atoms with E-state index in [2.05, 4.69) is 11.8 Å². The van der Waals surface area contributed by atoms with Gasteiger partial charge in [0.25, 0.3) is 0 Å². The molecule has 1 aromatic heterocycles. The van der Waals surface area contributed by atoms with E-state index in [1.54, 1.807) is 12.1 Å². The lowest BCUT2D eigenvalue weighted by molar-refractivity contribution is -0.140. The highest BCUT2D eigenvalue weighted by Gasteiger charge is 2.29. The van der Waals surface area contributed by atoms with Crippen molar-refractivity contribution in [2.45, 2.75) is 38.7 Å². The van der Waals surface area contributed by atoms with Crippen LogP contribution in [0.5, 0.6) is 0 Å². The van der Waals surface area contributed by atoms with Crippen molar-refractivity contribution in [3.63, 3.8) is 0 Å². The summed E-state index contributed by atoms with van der Waals surface area (Å²) in [6.07, 6.45) is 3.04. The highest BCUT2D eigenvalue weighted by atomic mass is 19.1. The molecule has 31 heavy (non-hydrogen) atoms. The van der Waals surface area contributed by atoms with Crippen molar-refractivity contribution in [3.8, 4) is 0 Å². The minimum absolute atomic E-state index is 0.217. The predicted octanol–water partition coefficient (Wildman–Crippen LogP) is 3.83. The summed E-state index contributed by atoms with van der Waals surface area (Å²) in [7, 11) is 0. The van der Waals surface area contributed by atoms with Crippen LogP contribution >= 0.6 is 0 Å². The van der Waals surface area contributed by atoms with Crippen molar-refractivity contribution in [2.75, 3.05) is 39.3 Å². The monoisotopic (exact) mass is 425 g/mol. The molecule has 0 aliphatic carbocycles. The van der Waals surface area contributed by atoms with Crippen molar-refractivity contribution in [3.05, 3.63) is 65.2 Å². The van der Waals surface area contributed by atoms with Crippen LogP contribution in [-0.4, -0.2) is 60.0 Å². The molecule has 1 amide bonds. The second-order valence-electron chi connectivity index (χ2n) is 8.60. The predicted molar refractivity (Wildman–Crippen MR) is 118 cm³/mol. The minimum Gasteiger partial charge on any atom is -0.368 e. The summed E-state index contributed by atoms with van der Waals surface area (Å²) in [4.78, 5) is 22.0. The third kappa shape index (κ3) is 5.69. The molecule has 4 rings (SSSR count). The number of hydrogen-bond acceptors (Lipinski definition) is 4.